The van der Waals surface area contributed by atoms with Crippen LogP contribution in [0.25, 0.3) is 0 Å². The van der Waals surface area contributed by atoms with Gasteiger partial charge >= 0.3 is 0 Å². The highest BCUT2D eigenvalue weighted by atomic mass is 16.3. The Balaban J connectivity index is 1.66. The van der Waals surface area contributed by atoms with Gasteiger partial charge in [0.15, 0.2) is 0 Å². The van der Waals surface area contributed by atoms with Crippen molar-refractivity contribution >= 4 is 0 Å². The van der Waals surface area contributed by atoms with E-state index < -0.39 is 0 Å². The van der Waals surface area contributed by atoms with Gasteiger partial charge in [-0.25, -0.2) is 0 Å². The van der Waals surface area contributed by atoms with Crippen LogP contribution in [-0.4, -0.2) is 35.7 Å². The first-order valence-electron chi connectivity index (χ1n) is 7.41. The summed E-state index contributed by atoms with van der Waals surface area (Å²) in [5.41, 5.74) is 2.71. The van der Waals surface area contributed by atoms with Crippen molar-refractivity contribution in [2.75, 3.05) is 13.6 Å². The Labute approximate surface area is 115 Å². The minimum absolute atomic E-state index is 0.396. The molecular weight excluding hydrogens is 236 g/mol. The van der Waals surface area contributed by atoms with Crippen molar-refractivity contribution in [3.63, 3.8) is 0 Å². The average Bonchev–Trinajstić information content (AvgIpc) is 2.76. The average molecular weight is 260 g/mol. The third kappa shape index (κ3) is 2.63. The monoisotopic (exact) mass is 260 g/mol. The topological polar surface area (TPSA) is 35.5 Å². The molecular formula is C16H24N2O. The van der Waals surface area contributed by atoms with Crippen molar-refractivity contribution < 1.29 is 5.11 Å². The molecule has 3 unspecified atom stereocenters. The molecule has 0 radical (unpaired) electrons. The van der Waals surface area contributed by atoms with Crippen LogP contribution in [0.1, 0.15) is 43.4 Å². The summed E-state index contributed by atoms with van der Waals surface area (Å²) in [6, 6.07) is 7.62. The second-order valence-electron chi connectivity index (χ2n) is 6.19. The predicted molar refractivity (Wildman–Crippen MR) is 77.4 cm³/mol. The van der Waals surface area contributed by atoms with Crippen molar-refractivity contribution in [1.29, 1.82) is 0 Å². The second-order valence-corrected chi connectivity index (χ2v) is 6.19. The van der Waals surface area contributed by atoms with Crippen LogP contribution in [0.3, 0.4) is 0 Å². The second kappa shape index (κ2) is 5.14. The first kappa shape index (κ1) is 12.9. The van der Waals surface area contributed by atoms with Crippen LogP contribution < -0.4 is 5.32 Å². The molecule has 3 heteroatoms. The van der Waals surface area contributed by atoms with Crippen LogP contribution >= 0.6 is 0 Å². The largest absolute Gasteiger partial charge is 0.508 e. The maximum Gasteiger partial charge on any atom is 0.115 e. The van der Waals surface area contributed by atoms with Crippen molar-refractivity contribution in [3.8, 4) is 5.75 Å². The number of nitrogens with one attached hydrogen (secondary N) is 1. The molecule has 3 atom stereocenters. The van der Waals surface area contributed by atoms with E-state index in [0.717, 1.165) is 6.42 Å². The standard InChI is InChI=1S/C16H24N2O/c1-11-9-13(7-8-18(11)2)17-16-6-3-12-10-14(19)4-5-15(12)16/h4-5,10-11,13,16-17,19H,3,6-9H2,1-2H3. The fourth-order valence-electron chi connectivity index (χ4n) is 3.50. The van der Waals surface area contributed by atoms with E-state index in [1.165, 1.54) is 36.9 Å². The first-order chi connectivity index (χ1) is 9.13. The van der Waals surface area contributed by atoms with Gasteiger partial charge in [-0.05, 0) is 69.5 Å². The molecule has 0 bridgehead atoms. The molecule has 2 N–H and O–H groups in total. The van der Waals surface area contributed by atoms with Gasteiger partial charge in [-0.3, -0.25) is 0 Å². The fourth-order valence-corrected chi connectivity index (χ4v) is 3.50. The molecule has 1 aromatic rings. The van der Waals surface area contributed by atoms with Gasteiger partial charge in [0.25, 0.3) is 0 Å². The molecule has 2 aliphatic rings. The maximum atomic E-state index is 9.54. The lowest BCUT2D eigenvalue weighted by molar-refractivity contribution is 0.162. The molecule has 1 aliphatic carbocycles. The van der Waals surface area contributed by atoms with Gasteiger partial charge in [-0.15, -0.1) is 0 Å². The molecule has 0 amide bonds. The number of hydrogen-bond donors (Lipinski definition) is 2. The minimum Gasteiger partial charge on any atom is -0.508 e. The molecule has 19 heavy (non-hydrogen) atoms. The molecule has 1 fully saturated rings. The zero-order chi connectivity index (χ0) is 13.4. The Morgan fingerprint density at radius 2 is 2.16 bits per heavy atom. The number of fused-ring (bicyclic) bond motifs is 1. The number of aromatic hydroxyl groups is 1. The van der Waals surface area contributed by atoms with Gasteiger partial charge in [0, 0.05) is 18.1 Å². The van der Waals surface area contributed by atoms with Gasteiger partial charge < -0.3 is 15.3 Å². The molecule has 3 rings (SSSR count). The SMILES string of the molecule is CC1CC(NC2CCc3cc(O)ccc32)CCN1C. The van der Waals surface area contributed by atoms with Crippen LogP contribution in [0.2, 0.25) is 0 Å². The summed E-state index contributed by atoms with van der Waals surface area (Å²) in [4.78, 5) is 2.44. The van der Waals surface area contributed by atoms with Crippen molar-refractivity contribution in [2.24, 2.45) is 0 Å². The first-order valence-corrected chi connectivity index (χ1v) is 7.41. The predicted octanol–water partition coefficient (Wildman–Crippen LogP) is 2.45. The summed E-state index contributed by atoms with van der Waals surface area (Å²) in [6.45, 7) is 3.50. The van der Waals surface area contributed by atoms with E-state index in [1.54, 1.807) is 0 Å². The number of hydrogen-bond acceptors (Lipinski definition) is 3. The zero-order valence-electron chi connectivity index (χ0n) is 11.9. The van der Waals surface area contributed by atoms with E-state index in [0.29, 0.717) is 23.9 Å². The van der Waals surface area contributed by atoms with Gasteiger partial charge in [0.1, 0.15) is 5.75 Å². The van der Waals surface area contributed by atoms with Gasteiger partial charge in [-0.1, -0.05) is 6.07 Å². The van der Waals surface area contributed by atoms with E-state index in [-0.39, 0.29) is 0 Å². The van der Waals surface area contributed by atoms with Gasteiger partial charge in [0.2, 0.25) is 0 Å². The number of rotatable bonds is 2. The Bertz CT molecular complexity index is 460. The molecule has 0 aromatic heterocycles. The van der Waals surface area contributed by atoms with Crippen molar-refractivity contribution in [3.05, 3.63) is 29.3 Å². The van der Waals surface area contributed by atoms with E-state index in [4.69, 9.17) is 0 Å². The summed E-state index contributed by atoms with van der Waals surface area (Å²) in [5, 5.41) is 13.4. The number of nitrogens with zero attached hydrogens (tertiary/aromatic N) is 1. The number of likely N-dealkylation sites (tertiary alicyclic amines) is 1. The van der Waals surface area contributed by atoms with Crippen LogP contribution in [0.5, 0.6) is 5.75 Å². The van der Waals surface area contributed by atoms with E-state index >= 15 is 0 Å². The number of piperidine rings is 1. The third-order valence-electron chi connectivity index (χ3n) is 4.85. The van der Waals surface area contributed by atoms with Gasteiger partial charge in [-0.2, -0.15) is 0 Å². The molecule has 3 nitrogen and oxygen atoms in total. The maximum absolute atomic E-state index is 9.54. The van der Waals surface area contributed by atoms with Crippen LogP contribution in [0.15, 0.2) is 18.2 Å². The highest BCUT2D eigenvalue weighted by molar-refractivity contribution is 5.40. The summed E-state index contributed by atoms with van der Waals surface area (Å²) in [7, 11) is 2.22. The molecule has 1 aliphatic heterocycles. The highest BCUT2D eigenvalue weighted by Gasteiger charge is 2.28. The molecule has 104 valence electrons. The Morgan fingerprint density at radius 1 is 1.32 bits per heavy atom. The smallest absolute Gasteiger partial charge is 0.115 e. The lowest BCUT2D eigenvalue weighted by Crippen LogP contribution is -2.46. The Morgan fingerprint density at radius 3 is 2.95 bits per heavy atom. The van der Waals surface area contributed by atoms with E-state index in [1.807, 2.05) is 12.1 Å². The number of phenols is 1. The number of benzene rings is 1. The quantitative estimate of drug-likeness (QED) is 0.857. The van der Waals surface area contributed by atoms with Crippen LogP contribution in [0.4, 0.5) is 0 Å². The Kier molecular flexibility index (Phi) is 3.50. The summed E-state index contributed by atoms with van der Waals surface area (Å²) >= 11 is 0. The molecule has 0 saturated carbocycles. The van der Waals surface area contributed by atoms with Crippen molar-refractivity contribution in [2.45, 2.75) is 50.7 Å². The van der Waals surface area contributed by atoms with Crippen molar-refractivity contribution in [1.82, 2.24) is 10.2 Å². The lowest BCUT2D eigenvalue weighted by atomic mass is 9.97. The zero-order valence-corrected chi connectivity index (χ0v) is 11.9. The molecule has 1 saturated heterocycles. The minimum atomic E-state index is 0.396. The van der Waals surface area contributed by atoms with E-state index in [9.17, 15) is 5.11 Å². The normalized spacial score (nSPS) is 31.4. The summed E-state index contributed by atoms with van der Waals surface area (Å²) < 4.78 is 0. The number of aryl methyl sites for hydroxylation is 1. The summed E-state index contributed by atoms with van der Waals surface area (Å²) in [5.74, 6) is 0.396. The number of phenolic OH excluding ortho intramolecular Hbond substituents is 1. The molecule has 0 spiro atoms. The lowest BCUT2D eigenvalue weighted by Gasteiger charge is -2.36. The molecule has 1 aromatic carbocycles. The van der Waals surface area contributed by atoms with Crippen LogP contribution in [0, 0.1) is 0 Å². The molecule has 1 heterocycles. The third-order valence-corrected chi connectivity index (χ3v) is 4.85. The fraction of sp³-hybridized carbons (Fsp3) is 0.625. The Hall–Kier alpha value is -1.06. The van der Waals surface area contributed by atoms with Gasteiger partial charge in [0.05, 0.1) is 0 Å². The van der Waals surface area contributed by atoms with E-state index in [2.05, 4.69) is 30.3 Å². The summed E-state index contributed by atoms with van der Waals surface area (Å²) in [6.07, 6.45) is 4.73. The highest BCUT2D eigenvalue weighted by Crippen LogP contribution is 2.34. The van der Waals surface area contributed by atoms with Crippen LogP contribution in [-0.2, 0) is 6.42 Å².